The Balaban J connectivity index is 1.92. The molecule has 2 amide bonds. The third-order valence-corrected chi connectivity index (χ3v) is 5.56. The third-order valence-electron chi connectivity index (χ3n) is 3.59. The second kappa shape index (κ2) is 7.79. The summed E-state index contributed by atoms with van der Waals surface area (Å²) in [5.41, 5.74) is 0.515. The quantitative estimate of drug-likeness (QED) is 0.559. The Hall–Kier alpha value is -1.89. The van der Waals surface area contributed by atoms with Gasteiger partial charge in [0.1, 0.15) is 0 Å². The number of imide groups is 1. The second-order valence-electron chi connectivity index (χ2n) is 5.20. The molecule has 0 saturated carbocycles. The Morgan fingerprint density at radius 2 is 1.88 bits per heavy atom. The molecule has 4 nitrogen and oxygen atoms in total. The molecule has 0 atom stereocenters. The number of carbonyl (C=O) groups is 2. The van der Waals surface area contributed by atoms with E-state index in [2.05, 4.69) is 0 Å². The van der Waals surface area contributed by atoms with Crippen LogP contribution in [0, 0.1) is 0 Å². The van der Waals surface area contributed by atoms with Crippen molar-refractivity contribution >= 4 is 40.5 Å². The summed E-state index contributed by atoms with van der Waals surface area (Å²) >= 11 is 2.83. The van der Waals surface area contributed by atoms with E-state index in [1.54, 1.807) is 7.11 Å². The SMILES string of the molecule is COCCCN1C(=O)C(Sc2ccccc2)=C(c2cccs2)C1=O. The molecule has 0 saturated heterocycles. The largest absolute Gasteiger partial charge is 0.385 e. The predicted molar refractivity (Wildman–Crippen MR) is 96.8 cm³/mol. The van der Waals surface area contributed by atoms with Gasteiger partial charge in [-0.05, 0) is 30.0 Å². The maximum Gasteiger partial charge on any atom is 0.268 e. The van der Waals surface area contributed by atoms with Crippen LogP contribution < -0.4 is 0 Å². The Kier molecular flexibility index (Phi) is 5.50. The molecular weight excluding hydrogens is 342 g/mol. The highest BCUT2D eigenvalue weighted by atomic mass is 32.2. The summed E-state index contributed by atoms with van der Waals surface area (Å²) in [5, 5.41) is 1.92. The normalized spacial score (nSPS) is 14.8. The summed E-state index contributed by atoms with van der Waals surface area (Å²) < 4.78 is 5.03. The van der Waals surface area contributed by atoms with Crippen molar-refractivity contribution in [3.63, 3.8) is 0 Å². The number of nitrogens with zero attached hydrogens (tertiary/aromatic N) is 1. The van der Waals surface area contributed by atoms with E-state index in [0.29, 0.717) is 30.1 Å². The molecule has 0 N–H and O–H groups in total. The first-order valence-electron chi connectivity index (χ1n) is 7.58. The molecule has 2 aromatic rings. The van der Waals surface area contributed by atoms with Gasteiger partial charge in [-0.1, -0.05) is 36.0 Å². The molecule has 1 aliphatic rings. The highest BCUT2D eigenvalue weighted by Gasteiger charge is 2.39. The lowest BCUT2D eigenvalue weighted by Gasteiger charge is -2.14. The number of hydrogen-bond donors (Lipinski definition) is 0. The van der Waals surface area contributed by atoms with E-state index in [0.717, 1.165) is 9.77 Å². The third kappa shape index (κ3) is 3.45. The lowest BCUT2D eigenvalue weighted by molar-refractivity contribution is -0.136. The molecule has 0 spiro atoms. The predicted octanol–water partition coefficient (Wildman–Crippen LogP) is 3.66. The maximum absolute atomic E-state index is 12.8. The average Bonchev–Trinajstić information content (AvgIpc) is 3.19. The van der Waals surface area contributed by atoms with Crippen molar-refractivity contribution in [2.45, 2.75) is 11.3 Å². The number of thiophene rings is 1. The molecule has 0 radical (unpaired) electrons. The highest BCUT2D eigenvalue weighted by Crippen LogP contribution is 2.40. The molecule has 124 valence electrons. The van der Waals surface area contributed by atoms with Crippen LogP contribution in [0.5, 0.6) is 0 Å². The Bertz CT molecular complexity index is 754. The van der Waals surface area contributed by atoms with Crippen molar-refractivity contribution in [3.05, 3.63) is 57.6 Å². The fourth-order valence-corrected chi connectivity index (χ4v) is 4.32. The van der Waals surface area contributed by atoms with E-state index in [4.69, 9.17) is 4.74 Å². The Labute approximate surface area is 149 Å². The van der Waals surface area contributed by atoms with Crippen LogP contribution in [0.4, 0.5) is 0 Å². The minimum absolute atomic E-state index is 0.211. The van der Waals surface area contributed by atoms with E-state index < -0.39 is 0 Å². The molecule has 1 aliphatic heterocycles. The minimum Gasteiger partial charge on any atom is -0.385 e. The van der Waals surface area contributed by atoms with Crippen molar-refractivity contribution < 1.29 is 14.3 Å². The van der Waals surface area contributed by atoms with E-state index in [9.17, 15) is 9.59 Å². The summed E-state index contributed by atoms with van der Waals surface area (Å²) in [5.74, 6) is -0.426. The molecular formula is C18H17NO3S2. The highest BCUT2D eigenvalue weighted by molar-refractivity contribution is 8.04. The molecule has 2 heterocycles. The smallest absolute Gasteiger partial charge is 0.268 e. The van der Waals surface area contributed by atoms with Gasteiger partial charge in [-0.25, -0.2) is 0 Å². The molecule has 1 aromatic carbocycles. The lowest BCUT2D eigenvalue weighted by atomic mass is 10.2. The van der Waals surface area contributed by atoms with Crippen molar-refractivity contribution in [1.82, 2.24) is 4.90 Å². The monoisotopic (exact) mass is 359 g/mol. The minimum atomic E-state index is -0.214. The van der Waals surface area contributed by atoms with Gasteiger partial charge >= 0.3 is 0 Å². The molecule has 24 heavy (non-hydrogen) atoms. The summed E-state index contributed by atoms with van der Waals surface area (Å²) in [6.07, 6.45) is 0.634. The van der Waals surface area contributed by atoms with Gasteiger partial charge in [0, 0.05) is 30.0 Å². The van der Waals surface area contributed by atoms with Gasteiger partial charge in [-0.15, -0.1) is 11.3 Å². The fourth-order valence-electron chi connectivity index (χ4n) is 2.46. The second-order valence-corrected chi connectivity index (χ2v) is 7.24. The molecule has 0 unspecified atom stereocenters. The summed E-state index contributed by atoms with van der Waals surface area (Å²) in [6, 6.07) is 13.4. The van der Waals surface area contributed by atoms with Crippen LogP contribution in [0.2, 0.25) is 0 Å². The van der Waals surface area contributed by atoms with E-state index >= 15 is 0 Å². The number of rotatable bonds is 7. The van der Waals surface area contributed by atoms with Gasteiger partial charge in [-0.2, -0.15) is 0 Å². The molecule has 0 fully saturated rings. The summed E-state index contributed by atoms with van der Waals surface area (Å²) in [4.78, 5) is 29.2. The van der Waals surface area contributed by atoms with Crippen LogP contribution in [0.1, 0.15) is 11.3 Å². The van der Waals surface area contributed by atoms with E-state index in [-0.39, 0.29) is 11.8 Å². The zero-order chi connectivity index (χ0) is 16.9. The van der Waals surface area contributed by atoms with Gasteiger partial charge in [0.25, 0.3) is 11.8 Å². The first-order chi connectivity index (χ1) is 11.7. The Morgan fingerprint density at radius 3 is 2.54 bits per heavy atom. The fraction of sp³-hybridized carbons (Fsp3) is 0.222. The number of amides is 2. The van der Waals surface area contributed by atoms with Crippen LogP contribution in [-0.4, -0.2) is 37.0 Å². The van der Waals surface area contributed by atoms with E-state index in [1.165, 1.54) is 28.0 Å². The molecule has 1 aromatic heterocycles. The van der Waals surface area contributed by atoms with Crippen LogP contribution in [0.25, 0.3) is 5.57 Å². The number of carbonyl (C=O) groups excluding carboxylic acids is 2. The van der Waals surface area contributed by atoms with Gasteiger partial charge in [0.05, 0.1) is 10.5 Å². The topological polar surface area (TPSA) is 46.6 Å². The number of hydrogen-bond acceptors (Lipinski definition) is 5. The van der Waals surface area contributed by atoms with Crippen LogP contribution >= 0.6 is 23.1 Å². The summed E-state index contributed by atoms with van der Waals surface area (Å²) in [7, 11) is 1.61. The molecule has 6 heteroatoms. The first kappa shape index (κ1) is 17.0. The lowest BCUT2D eigenvalue weighted by Crippen LogP contribution is -2.32. The maximum atomic E-state index is 12.8. The first-order valence-corrected chi connectivity index (χ1v) is 9.28. The molecule has 0 bridgehead atoms. The number of thioether (sulfide) groups is 1. The van der Waals surface area contributed by atoms with Crippen molar-refractivity contribution in [1.29, 1.82) is 0 Å². The van der Waals surface area contributed by atoms with Crippen LogP contribution in [-0.2, 0) is 14.3 Å². The standard InChI is InChI=1S/C18H17NO3S2/c1-22-11-6-10-19-17(20)15(14-9-5-12-23-14)16(18(19)21)24-13-7-3-2-4-8-13/h2-5,7-9,12H,6,10-11H2,1H3. The number of methoxy groups -OCH3 is 1. The van der Waals surface area contributed by atoms with Crippen LogP contribution in [0.15, 0.2) is 57.6 Å². The van der Waals surface area contributed by atoms with Crippen molar-refractivity contribution in [2.24, 2.45) is 0 Å². The van der Waals surface area contributed by atoms with Crippen molar-refractivity contribution in [3.8, 4) is 0 Å². The van der Waals surface area contributed by atoms with Crippen molar-refractivity contribution in [2.75, 3.05) is 20.3 Å². The number of ether oxygens (including phenoxy) is 1. The number of benzene rings is 1. The van der Waals surface area contributed by atoms with Gasteiger partial charge < -0.3 is 4.74 Å². The van der Waals surface area contributed by atoms with E-state index in [1.807, 2.05) is 47.8 Å². The van der Waals surface area contributed by atoms with Crippen LogP contribution in [0.3, 0.4) is 0 Å². The Morgan fingerprint density at radius 1 is 1.08 bits per heavy atom. The summed E-state index contributed by atoms with van der Waals surface area (Å²) in [6.45, 7) is 0.895. The zero-order valence-corrected chi connectivity index (χ0v) is 14.9. The molecule has 3 rings (SSSR count). The molecule has 0 aliphatic carbocycles. The van der Waals surface area contributed by atoms with Gasteiger partial charge in [0.2, 0.25) is 0 Å². The van der Waals surface area contributed by atoms with Gasteiger partial charge in [-0.3, -0.25) is 14.5 Å². The average molecular weight is 359 g/mol. The zero-order valence-electron chi connectivity index (χ0n) is 13.2. The van der Waals surface area contributed by atoms with Gasteiger partial charge in [0.15, 0.2) is 0 Å².